The van der Waals surface area contributed by atoms with Crippen LogP contribution in [0.2, 0.25) is 0 Å². The van der Waals surface area contributed by atoms with Crippen molar-refractivity contribution >= 4 is 60.8 Å². The molecule has 0 aliphatic carbocycles. The van der Waals surface area contributed by atoms with Crippen LogP contribution in [-0.4, -0.2) is 4.57 Å². The molecule has 0 saturated heterocycles. The third kappa shape index (κ3) is 4.82. The lowest BCUT2D eigenvalue weighted by atomic mass is 9.99. The molecule has 0 saturated carbocycles. The van der Waals surface area contributed by atoms with E-state index in [0.717, 1.165) is 55.8 Å². The van der Waals surface area contributed by atoms with Crippen molar-refractivity contribution in [3.63, 3.8) is 0 Å². The Balaban J connectivity index is 1.16. The summed E-state index contributed by atoms with van der Waals surface area (Å²) in [7, 11) is 0. The van der Waals surface area contributed by atoms with Gasteiger partial charge in [-0.3, -0.25) is 0 Å². The molecule has 0 atom stereocenters. The van der Waals surface area contributed by atoms with Crippen LogP contribution in [0.15, 0.2) is 199 Å². The molecule has 0 fully saturated rings. The van der Waals surface area contributed by atoms with Gasteiger partial charge in [0.15, 0.2) is 0 Å². The summed E-state index contributed by atoms with van der Waals surface area (Å²) in [5, 5.41) is 4.73. The van der Waals surface area contributed by atoms with Gasteiger partial charge in [0.1, 0.15) is 11.2 Å². The molecule has 0 spiro atoms. The first-order valence-electron chi connectivity index (χ1n) is 17.4. The first-order valence-corrected chi connectivity index (χ1v) is 17.4. The van der Waals surface area contributed by atoms with E-state index in [1.807, 2.05) is 12.1 Å². The molecule has 0 bridgehead atoms. The van der Waals surface area contributed by atoms with Crippen LogP contribution in [0.1, 0.15) is 0 Å². The molecule has 10 aromatic rings. The van der Waals surface area contributed by atoms with E-state index < -0.39 is 0 Å². The van der Waals surface area contributed by atoms with Crippen molar-refractivity contribution in [2.45, 2.75) is 0 Å². The van der Waals surface area contributed by atoms with Crippen molar-refractivity contribution in [1.29, 1.82) is 0 Å². The largest absolute Gasteiger partial charge is 0.455 e. The van der Waals surface area contributed by atoms with Gasteiger partial charge in [0.05, 0.1) is 11.0 Å². The molecule has 2 heterocycles. The molecule has 0 aliphatic rings. The van der Waals surface area contributed by atoms with E-state index >= 15 is 0 Å². The lowest BCUT2D eigenvalue weighted by Crippen LogP contribution is -2.09. The summed E-state index contributed by atoms with van der Waals surface area (Å²) in [5.41, 5.74) is 13.2. The summed E-state index contributed by atoms with van der Waals surface area (Å²) in [4.78, 5) is 2.35. The van der Waals surface area contributed by atoms with Gasteiger partial charge in [0.2, 0.25) is 0 Å². The average molecular weight is 653 g/mol. The maximum Gasteiger partial charge on any atom is 0.143 e. The zero-order valence-electron chi connectivity index (χ0n) is 27.8. The van der Waals surface area contributed by atoms with E-state index in [-0.39, 0.29) is 0 Å². The maximum absolute atomic E-state index is 6.39. The number of fused-ring (bicyclic) bond motifs is 6. The number of aromatic nitrogens is 1. The molecule has 0 amide bonds. The summed E-state index contributed by atoms with van der Waals surface area (Å²) >= 11 is 0. The van der Waals surface area contributed by atoms with Gasteiger partial charge in [-0.2, -0.15) is 0 Å². The van der Waals surface area contributed by atoms with Crippen LogP contribution in [0.4, 0.5) is 17.1 Å². The maximum atomic E-state index is 6.39. The highest BCUT2D eigenvalue weighted by molar-refractivity contribution is 6.17. The lowest BCUT2D eigenvalue weighted by Gasteiger charge is -2.26. The Morgan fingerprint density at radius 3 is 1.80 bits per heavy atom. The van der Waals surface area contributed by atoms with Crippen LogP contribution in [0.25, 0.3) is 71.7 Å². The highest BCUT2D eigenvalue weighted by Gasteiger charge is 2.20. The molecular weight excluding hydrogens is 621 g/mol. The zero-order valence-corrected chi connectivity index (χ0v) is 27.8. The minimum Gasteiger partial charge on any atom is -0.455 e. The van der Waals surface area contributed by atoms with E-state index in [1.165, 1.54) is 32.9 Å². The molecule has 240 valence electrons. The highest BCUT2D eigenvalue weighted by Crippen LogP contribution is 2.43. The van der Waals surface area contributed by atoms with Crippen molar-refractivity contribution < 1.29 is 4.42 Å². The minimum atomic E-state index is 0.909. The second kappa shape index (κ2) is 11.9. The van der Waals surface area contributed by atoms with Crippen molar-refractivity contribution in [1.82, 2.24) is 4.57 Å². The topological polar surface area (TPSA) is 21.3 Å². The molecule has 0 N–H and O–H groups in total. The van der Waals surface area contributed by atoms with Gasteiger partial charge in [0, 0.05) is 49.9 Å². The number of anilines is 3. The second-order valence-corrected chi connectivity index (χ2v) is 12.9. The Kier molecular flexibility index (Phi) is 6.81. The first-order chi connectivity index (χ1) is 25.3. The first kappa shape index (κ1) is 29.1. The minimum absolute atomic E-state index is 0.909. The molecule has 3 nitrogen and oxygen atoms in total. The van der Waals surface area contributed by atoms with Gasteiger partial charge in [-0.1, -0.05) is 127 Å². The fourth-order valence-corrected chi connectivity index (χ4v) is 7.70. The number of hydrogen-bond acceptors (Lipinski definition) is 2. The quantitative estimate of drug-likeness (QED) is 0.178. The van der Waals surface area contributed by atoms with Gasteiger partial charge in [-0.15, -0.1) is 0 Å². The van der Waals surface area contributed by atoms with Gasteiger partial charge >= 0.3 is 0 Å². The molecule has 10 rings (SSSR count). The third-order valence-electron chi connectivity index (χ3n) is 9.99. The van der Waals surface area contributed by atoms with Crippen molar-refractivity contribution in [3.8, 4) is 27.9 Å². The van der Waals surface area contributed by atoms with Gasteiger partial charge in [-0.05, 0) is 83.4 Å². The Hall–Kier alpha value is -6.84. The second-order valence-electron chi connectivity index (χ2n) is 12.9. The fraction of sp³-hybridized carbons (Fsp3) is 0. The van der Waals surface area contributed by atoms with Crippen LogP contribution >= 0.6 is 0 Å². The van der Waals surface area contributed by atoms with Crippen molar-refractivity contribution in [3.05, 3.63) is 194 Å². The van der Waals surface area contributed by atoms with Gasteiger partial charge < -0.3 is 13.9 Å². The van der Waals surface area contributed by atoms with Gasteiger partial charge in [-0.25, -0.2) is 0 Å². The monoisotopic (exact) mass is 652 g/mol. The molecule has 0 unspecified atom stereocenters. The normalized spacial score (nSPS) is 11.5. The van der Waals surface area contributed by atoms with E-state index in [4.69, 9.17) is 4.42 Å². The molecule has 8 aromatic carbocycles. The number of benzene rings is 8. The Bertz CT molecular complexity index is 2830. The lowest BCUT2D eigenvalue weighted by molar-refractivity contribution is 0.670. The van der Waals surface area contributed by atoms with E-state index in [1.54, 1.807) is 0 Å². The van der Waals surface area contributed by atoms with Crippen molar-refractivity contribution in [2.24, 2.45) is 0 Å². The Morgan fingerprint density at radius 2 is 1.00 bits per heavy atom. The third-order valence-corrected chi connectivity index (χ3v) is 9.99. The van der Waals surface area contributed by atoms with Crippen LogP contribution in [0.3, 0.4) is 0 Å². The van der Waals surface area contributed by atoms with Crippen LogP contribution in [-0.2, 0) is 0 Å². The average Bonchev–Trinajstić information content (AvgIpc) is 3.75. The smallest absolute Gasteiger partial charge is 0.143 e. The number of rotatable bonds is 6. The zero-order chi connectivity index (χ0) is 33.7. The Labute approximate surface area is 295 Å². The van der Waals surface area contributed by atoms with Crippen LogP contribution in [0.5, 0.6) is 0 Å². The van der Waals surface area contributed by atoms with Crippen LogP contribution < -0.4 is 4.90 Å². The molecule has 51 heavy (non-hydrogen) atoms. The molecule has 3 heteroatoms. The fourth-order valence-electron chi connectivity index (χ4n) is 7.70. The van der Waals surface area contributed by atoms with Crippen LogP contribution in [0, 0.1) is 0 Å². The molecular formula is C48H32N2O. The number of para-hydroxylation sites is 4. The van der Waals surface area contributed by atoms with E-state index in [0.29, 0.717) is 0 Å². The highest BCUT2D eigenvalue weighted by atomic mass is 16.3. The number of furan rings is 1. The standard InChI is InChI=1S/C48H32N2O/c1-4-14-33(15-5-1)39-21-13-24-45-47(39)43-32-38(30-31-44(43)50(45)36-18-8-3-9-19-36)49(35-16-6-2-7-17-35)37-28-26-34(27-29-37)40-22-12-23-42-41-20-10-11-25-46(41)51-48(40)42/h1-32H. The van der Waals surface area contributed by atoms with Crippen molar-refractivity contribution in [2.75, 3.05) is 4.90 Å². The summed E-state index contributed by atoms with van der Waals surface area (Å²) in [6.45, 7) is 0. The number of hydrogen-bond donors (Lipinski definition) is 0. The van der Waals surface area contributed by atoms with E-state index in [9.17, 15) is 0 Å². The van der Waals surface area contributed by atoms with Gasteiger partial charge in [0.25, 0.3) is 0 Å². The number of nitrogens with zero attached hydrogens (tertiary/aromatic N) is 2. The predicted molar refractivity (Wildman–Crippen MR) is 214 cm³/mol. The summed E-state index contributed by atoms with van der Waals surface area (Å²) in [5.74, 6) is 0. The molecule has 2 aromatic heterocycles. The summed E-state index contributed by atoms with van der Waals surface area (Å²) in [6, 6.07) is 69.1. The Morgan fingerprint density at radius 1 is 0.392 bits per heavy atom. The molecule has 0 radical (unpaired) electrons. The summed E-state index contributed by atoms with van der Waals surface area (Å²) in [6.07, 6.45) is 0. The molecule has 0 aliphatic heterocycles. The summed E-state index contributed by atoms with van der Waals surface area (Å²) < 4.78 is 8.78. The predicted octanol–water partition coefficient (Wildman–Crippen LogP) is 13.5. The van der Waals surface area contributed by atoms with E-state index in [2.05, 4.69) is 191 Å². The SMILES string of the molecule is c1ccc(-c2cccc3c2c2cc(N(c4ccccc4)c4ccc(-c5cccc6c5oc5ccccc56)cc4)ccc2n3-c2ccccc2)cc1.